The summed E-state index contributed by atoms with van der Waals surface area (Å²) in [6, 6.07) is 0. The van der Waals surface area contributed by atoms with Crippen LogP contribution in [0.4, 0.5) is 0 Å². The Labute approximate surface area is 251 Å². The zero-order chi connectivity index (χ0) is 33.3. The molecule has 2 saturated heterocycles. The van der Waals surface area contributed by atoms with E-state index in [0.717, 1.165) is 48.5 Å². The van der Waals surface area contributed by atoms with Crippen LogP contribution in [-0.2, 0) is 80.9 Å². The third-order valence-electron chi connectivity index (χ3n) is 5.89. The molecule has 18 heteroatoms. The molecule has 10 atom stereocenters. The maximum absolute atomic E-state index is 12.1. The van der Waals surface area contributed by atoms with Gasteiger partial charge in [0.2, 0.25) is 12.6 Å². The fraction of sp³-hybridized carbons (Fsp3) is 0.731. The summed E-state index contributed by atoms with van der Waals surface area (Å²) in [5.74, 6) is -6.11. The number of ether oxygens (including phenoxy) is 10. The Kier molecular flexibility index (Phi) is 13.4. The molecule has 0 amide bonds. The number of hydrogen-bond acceptors (Lipinski definition) is 18. The van der Waals surface area contributed by atoms with Crippen molar-refractivity contribution in [1.29, 1.82) is 0 Å². The van der Waals surface area contributed by atoms with Gasteiger partial charge in [-0.3, -0.25) is 33.6 Å². The van der Waals surface area contributed by atoms with E-state index < -0.39 is 116 Å². The van der Waals surface area contributed by atoms with Crippen molar-refractivity contribution < 1.29 is 86.0 Å². The summed E-state index contributed by atoms with van der Waals surface area (Å²) in [5, 5.41) is 10.0. The predicted molar refractivity (Wildman–Crippen MR) is 135 cm³/mol. The van der Waals surface area contributed by atoms with Crippen LogP contribution in [0.1, 0.15) is 48.5 Å². The summed E-state index contributed by atoms with van der Waals surface area (Å²) < 4.78 is 54.5. The van der Waals surface area contributed by atoms with Crippen LogP contribution in [0.25, 0.3) is 0 Å². The maximum atomic E-state index is 12.1. The van der Waals surface area contributed by atoms with Gasteiger partial charge in [0.15, 0.2) is 36.6 Å². The lowest BCUT2D eigenvalue weighted by molar-refractivity contribution is -0.377. The highest BCUT2D eigenvalue weighted by Crippen LogP contribution is 2.35. The van der Waals surface area contributed by atoms with Gasteiger partial charge in [-0.25, -0.2) is 0 Å². The van der Waals surface area contributed by atoms with Gasteiger partial charge in [0, 0.05) is 48.5 Å². The smallest absolute Gasteiger partial charge is 0.303 e. The van der Waals surface area contributed by atoms with E-state index in [0.29, 0.717) is 0 Å². The predicted octanol–water partition coefficient (Wildman–Crippen LogP) is -1.40. The van der Waals surface area contributed by atoms with E-state index in [-0.39, 0.29) is 0 Å². The number of rotatable bonds is 11. The molecule has 2 aliphatic heterocycles. The summed E-state index contributed by atoms with van der Waals surface area (Å²) in [6.07, 6.45) is -16.0. The molecule has 0 bridgehead atoms. The molecule has 248 valence electrons. The van der Waals surface area contributed by atoms with Crippen molar-refractivity contribution in [2.24, 2.45) is 0 Å². The van der Waals surface area contributed by atoms with Gasteiger partial charge < -0.3 is 52.5 Å². The van der Waals surface area contributed by atoms with Crippen molar-refractivity contribution in [2.75, 3.05) is 13.2 Å². The lowest BCUT2D eigenvalue weighted by Crippen LogP contribution is -2.66. The van der Waals surface area contributed by atoms with Crippen LogP contribution in [0, 0.1) is 0 Å². The Hall–Kier alpha value is -3.87. The van der Waals surface area contributed by atoms with Crippen LogP contribution < -0.4 is 0 Å². The molecule has 0 unspecified atom stereocenters. The van der Waals surface area contributed by atoms with E-state index in [1.807, 2.05) is 0 Å². The van der Waals surface area contributed by atoms with Crippen LogP contribution in [0.2, 0.25) is 0 Å². The second kappa shape index (κ2) is 16.3. The molecule has 44 heavy (non-hydrogen) atoms. The van der Waals surface area contributed by atoms with Gasteiger partial charge in [-0.1, -0.05) is 0 Å². The van der Waals surface area contributed by atoms with Gasteiger partial charge in [-0.2, -0.15) is 0 Å². The maximum Gasteiger partial charge on any atom is 0.303 e. The number of esters is 7. The molecular formula is C26H36O18. The Balaban J connectivity index is 2.63. The highest BCUT2D eigenvalue weighted by Gasteiger charge is 2.57. The Morgan fingerprint density at radius 3 is 1.14 bits per heavy atom. The summed E-state index contributed by atoms with van der Waals surface area (Å²) in [7, 11) is 0. The first kappa shape index (κ1) is 36.3. The van der Waals surface area contributed by atoms with E-state index in [2.05, 4.69) is 0 Å². The SMILES string of the molecule is CC(=O)OC[C@H]1O[C@H](O[C@@H]2O[C@H](CO)[C@@H](OC(C)=O)[C@H](OC(C)=O)[C@H]2OC(C)=O)[C@H](OC(C)=O)[C@@H](OC(C)=O)[C@@H]1OC(C)=O. The van der Waals surface area contributed by atoms with Crippen LogP contribution in [0.5, 0.6) is 0 Å². The van der Waals surface area contributed by atoms with Crippen molar-refractivity contribution in [2.45, 2.75) is 110 Å². The minimum atomic E-state index is -1.80. The van der Waals surface area contributed by atoms with Crippen molar-refractivity contribution in [1.82, 2.24) is 0 Å². The van der Waals surface area contributed by atoms with Crippen LogP contribution in [-0.4, -0.2) is 122 Å². The Morgan fingerprint density at radius 1 is 0.477 bits per heavy atom. The average Bonchev–Trinajstić information content (AvgIpc) is 2.87. The number of aliphatic hydroxyl groups excluding tert-OH is 1. The second-order valence-electron chi connectivity index (χ2n) is 9.65. The minimum Gasteiger partial charge on any atom is -0.463 e. The summed E-state index contributed by atoms with van der Waals surface area (Å²) >= 11 is 0. The van der Waals surface area contributed by atoms with Crippen LogP contribution >= 0.6 is 0 Å². The topological polar surface area (TPSA) is 232 Å². The van der Waals surface area contributed by atoms with Crippen LogP contribution in [0.3, 0.4) is 0 Å². The zero-order valence-electron chi connectivity index (χ0n) is 25.1. The molecule has 0 aromatic heterocycles. The van der Waals surface area contributed by atoms with E-state index in [1.54, 1.807) is 0 Å². The van der Waals surface area contributed by atoms with Crippen molar-refractivity contribution in [3.8, 4) is 0 Å². The standard InChI is InChI=1S/C26H36O18/c1-10(28)35-9-18-20(37-12(3)30)22(39-14(5)32)24(41-16(7)34)26(43-18)44-25-23(40-15(6)33)21(38-13(4)31)19(36-11(2)29)17(8-27)42-25/h17-27H,8-9H2,1-7H3/t17-,18-,19-,20-,21+,22+,23-,24-,25+,26-/m1/s1. The number of carbonyl (C=O) groups excluding carboxylic acids is 7. The molecule has 2 heterocycles. The third kappa shape index (κ3) is 10.4. The molecule has 2 fully saturated rings. The quantitative estimate of drug-likeness (QED) is 0.203. The molecular weight excluding hydrogens is 600 g/mol. The molecule has 0 aromatic rings. The third-order valence-corrected chi connectivity index (χ3v) is 5.89. The summed E-state index contributed by atoms with van der Waals surface area (Å²) in [6.45, 7) is 5.85. The van der Waals surface area contributed by atoms with E-state index in [4.69, 9.17) is 47.4 Å². The molecule has 2 aliphatic rings. The molecule has 0 saturated carbocycles. The van der Waals surface area contributed by atoms with E-state index >= 15 is 0 Å². The molecule has 0 aliphatic carbocycles. The van der Waals surface area contributed by atoms with Gasteiger partial charge in [0.05, 0.1) is 6.61 Å². The van der Waals surface area contributed by atoms with Crippen molar-refractivity contribution in [3.05, 3.63) is 0 Å². The number of carbonyl (C=O) groups is 7. The van der Waals surface area contributed by atoms with Gasteiger partial charge >= 0.3 is 41.8 Å². The molecule has 0 spiro atoms. The second-order valence-corrected chi connectivity index (χ2v) is 9.65. The zero-order valence-corrected chi connectivity index (χ0v) is 25.1. The number of aliphatic hydroxyl groups is 1. The molecule has 0 radical (unpaired) electrons. The van der Waals surface area contributed by atoms with Crippen LogP contribution in [0.15, 0.2) is 0 Å². The first-order valence-corrected chi connectivity index (χ1v) is 13.3. The number of hydrogen-bond donors (Lipinski definition) is 1. The van der Waals surface area contributed by atoms with Crippen molar-refractivity contribution >= 4 is 41.8 Å². The van der Waals surface area contributed by atoms with E-state index in [1.165, 1.54) is 0 Å². The van der Waals surface area contributed by atoms with Gasteiger partial charge in [0.25, 0.3) is 0 Å². The fourth-order valence-electron chi connectivity index (χ4n) is 4.54. The fourth-order valence-corrected chi connectivity index (χ4v) is 4.54. The lowest BCUT2D eigenvalue weighted by Gasteiger charge is -2.48. The normalized spacial score (nSPS) is 31.5. The monoisotopic (exact) mass is 636 g/mol. The Morgan fingerprint density at radius 2 is 0.795 bits per heavy atom. The van der Waals surface area contributed by atoms with Gasteiger partial charge in [0.1, 0.15) is 18.8 Å². The molecule has 18 nitrogen and oxygen atoms in total. The highest BCUT2D eigenvalue weighted by molar-refractivity contribution is 5.69. The summed E-state index contributed by atoms with van der Waals surface area (Å²) in [4.78, 5) is 83.8. The van der Waals surface area contributed by atoms with Crippen molar-refractivity contribution in [3.63, 3.8) is 0 Å². The summed E-state index contributed by atoms with van der Waals surface area (Å²) in [5.41, 5.74) is 0. The average molecular weight is 637 g/mol. The largest absolute Gasteiger partial charge is 0.463 e. The molecule has 0 aromatic carbocycles. The first-order chi connectivity index (χ1) is 20.5. The van der Waals surface area contributed by atoms with E-state index in [9.17, 15) is 38.7 Å². The highest BCUT2D eigenvalue weighted by atomic mass is 16.8. The molecule has 2 rings (SSSR count). The Bertz CT molecular complexity index is 1090. The van der Waals surface area contributed by atoms with Gasteiger partial charge in [-0.05, 0) is 0 Å². The first-order valence-electron chi connectivity index (χ1n) is 13.3. The lowest BCUT2D eigenvalue weighted by atomic mass is 9.97. The molecule has 1 N–H and O–H groups in total. The minimum absolute atomic E-state index is 0.569. The van der Waals surface area contributed by atoms with Gasteiger partial charge in [-0.15, -0.1) is 0 Å².